The number of nitrogens with two attached hydrogens (primary N) is 1. The lowest BCUT2D eigenvalue weighted by Crippen LogP contribution is -2.15. The van der Waals surface area contributed by atoms with Gasteiger partial charge >= 0.3 is 5.69 Å². The van der Waals surface area contributed by atoms with Gasteiger partial charge in [-0.05, 0) is 18.2 Å². The van der Waals surface area contributed by atoms with Crippen molar-refractivity contribution in [2.24, 2.45) is 0 Å². The third-order valence-electron chi connectivity index (χ3n) is 1.85. The lowest BCUT2D eigenvalue weighted by molar-refractivity contribution is 1.01. The fraction of sp³-hybridized carbons (Fsp3) is 0. The molecule has 7 heteroatoms. The standard InChI is InChI=1S/C9H6Br2N4O/c10-4-1-2-6(11)5(3-4)7-13-8(12)15-9(16)14-7/h1-3H,(H3,12,13,14,15,16). The van der Waals surface area contributed by atoms with Gasteiger partial charge in [0.15, 0.2) is 0 Å². The molecule has 1 aromatic carbocycles. The van der Waals surface area contributed by atoms with Crippen molar-refractivity contribution in [3.8, 4) is 11.4 Å². The van der Waals surface area contributed by atoms with E-state index in [1.54, 1.807) is 0 Å². The number of nitrogen functional groups attached to an aromatic ring is 1. The summed E-state index contributed by atoms with van der Waals surface area (Å²) >= 11 is 6.72. The summed E-state index contributed by atoms with van der Waals surface area (Å²) in [4.78, 5) is 21.1. The number of hydrogen-bond acceptors (Lipinski definition) is 4. The van der Waals surface area contributed by atoms with Gasteiger partial charge in [-0.2, -0.15) is 9.97 Å². The van der Waals surface area contributed by atoms with Crippen LogP contribution in [0.1, 0.15) is 0 Å². The SMILES string of the molecule is Nc1nc(-c2cc(Br)ccc2Br)[nH]c(=O)n1. The summed E-state index contributed by atoms with van der Waals surface area (Å²) in [5, 5.41) is 0. The van der Waals surface area contributed by atoms with Gasteiger partial charge in [-0.15, -0.1) is 0 Å². The Morgan fingerprint density at radius 1 is 1.25 bits per heavy atom. The fourth-order valence-corrected chi connectivity index (χ4v) is 2.00. The number of nitrogens with one attached hydrogen (secondary N) is 1. The molecule has 2 aromatic rings. The molecule has 1 heterocycles. The predicted molar refractivity (Wildman–Crippen MR) is 67.9 cm³/mol. The Kier molecular flexibility index (Phi) is 3.06. The molecule has 5 nitrogen and oxygen atoms in total. The molecule has 0 unspecified atom stereocenters. The first kappa shape index (κ1) is 11.3. The van der Waals surface area contributed by atoms with E-state index in [0.29, 0.717) is 5.82 Å². The summed E-state index contributed by atoms with van der Waals surface area (Å²) in [5.41, 5.74) is 5.63. The molecule has 0 aliphatic heterocycles. The lowest BCUT2D eigenvalue weighted by atomic mass is 10.2. The molecule has 0 radical (unpaired) electrons. The van der Waals surface area contributed by atoms with E-state index in [-0.39, 0.29) is 5.95 Å². The molecule has 82 valence electrons. The first-order chi connectivity index (χ1) is 7.56. The predicted octanol–water partition coefficient (Wildman–Crippen LogP) is 1.94. The number of anilines is 1. The van der Waals surface area contributed by atoms with E-state index >= 15 is 0 Å². The van der Waals surface area contributed by atoms with Crippen molar-refractivity contribution in [3.05, 3.63) is 37.6 Å². The highest BCUT2D eigenvalue weighted by Crippen LogP contribution is 2.28. The van der Waals surface area contributed by atoms with Crippen molar-refractivity contribution < 1.29 is 0 Å². The van der Waals surface area contributed by atoms with Gasteiger partial charge in [0.25, 0.3) is 0 Å². The van der Waals surface area contributed by atoms with E-state index in [9.17, 15) is 4.79 Å². The minimum atomic E-state index is -0.519. The minimum Gasteiger partial charge on any atom is -0.368 e. The number of nitrogens with zero attached hydrogens (tertiary/aromatic N) is 2. The van der Waals surface area contributed by atoms with Gasteiger partial charge < -0.3 is 5.73 Å². The highest BCUT2D eigenvalue weighted by atomic mass is 79.9. The van der Waals surface area contributed by atoms with E-state index in [2.05, 4.69) is 46.8 Å². The van der Waals surface area contributed by atoms with Crippen LogP contribution in [0.25, 0.3) is 11.4 Å². The molecule has 0 saturated carbocycles. The zero-order valence-corrected chi connectivity index (χ0v) is 11.0. The zero-order valence-electron chi connectivity index (χ0n) is 7.87. The molecule has 0 aliphatic carbocycles. The second-order valence-electron chi connectivity index (χ2n) is 2.98. The molecule has 0 saturated heterocycles. The monoisotopic (exact) mass is 344 g/mol. The number of rotatable bonds is 1. The van der Waals surface area contributed by atoms with Crippen LogP contribution in [0.3, 0.4) is 0 Å². The molecule has 2 rings (SSSR count). The smallest absolute Gasteiger partial charge is 0.349 e. The van der Waals surface area contributed by atoms with Crippen LogP contribution in [-0.4, -0.2) is 15.0 Å². The Balaban J connectivity index is 2.66. The van der Waals surface area contributed by atoms with E-state index < -0.39 is 5.69 Å². The molecule has 3 N–H and O–H groups in total. The summed E-state index contributed by atoms with van der Waals surface area (Å²) < 4.78 is 1.69. The summed E-state index contributed by atoms with van der Waals surface area (Å²) in [5.74, 6) is 0.330. The molecule has 1 aromatic heterocycles. The largest absolute Gasteiger partial charge is 0.368 e. The maximum absolute atomic E-state index is 11.2. The highest BCUT2D eigenvalue weighted by Gasteiger charge is 2.07. The average molecular weight is 346 g/mol. The zero-order chi connectivity index (χ0) is 11.7. The Morgan fingerprint density at radius 2 is 2.00 bits per heavy atom. The van der Waals surface area contributed by atoms with Crippen LogP contribution in [0.2, 0.25) is 0 Å². The Bertz CT molecular complexity index is 596. The van der Waals surface area contributed by atoms with Gasteiger partial charge in [-0.1, -0.05) is 31.9 Å². The molecular formula is C9H6Br2N4O. The second-order valence-corrected chi connectivity index (χ2v) is 4.75. The normalized spacial score (nSPS) is 10.4. The molecule has 0 atom stereocenters. The molecule has 16 heavy (non-hydrogen) atoms. The molecule has 0 aliphatic rings. The Hall–Kier alpha value is -1.21. The van der Waals surface area contributed by atoms with Crippen LogP contribution >= 0.6 is 31.9 Å². The maximum atomic E-state index is 11.2. The fourth-order valence-electron chi connectivity index (χ4n) is 1.21. The van der Waals surface area contributed by atoms with Crippen LogP contribution < -0.4 is 11.4 Å². The Labute approximate surface area is 107 Å². The third kappa shape index (κ3) is 2.30. The quantitative estimate of drug-likeness (QED) is 0.827. The third-order valence-corrected chi connectivity index (χ3v) is 3.04. The molecule has 0 fully saturated rings. The lowest BCUT2D eigenvalue weighted by Gasteiger charge is -2.04. The van der Waals surface area contributed by atoms with E-state index in [1.165, 1.54) is 0 Å². The van der Waals surface area contributed by atoms with E-state index in [4.69, 9.17) is 5.73 Å². The number of aromatic nitrogens is 3. The van der Waals surface area contributed by atoms with Gasteiger partial charge in [0.2, 0.25) is 5.95 Å². The highest BCUT2D eigenvalue weighted by molar-refractivity contribution is 9.11. The van der Waals surface area contributed by atoms with Crippen LogP contribution in [0.4, 0.5) is 5.95 Å². The van der Waals surface area contributed by atoms with Gasteiger partial charge in [0, 0.05) is 14.5 Å². The van der Waals surface area contributed by atoms with Gasteiger partial charge in [-0.25, -0.2) is 4.79 Å². The number of halogens is 2. The topological polar surface area (TPSA) is 84.7 Å². The number of H-pyrrole nitrogens is 1. The van der Waals surface area contributed by atoms with Crippen molar-refractivity contribution in [3.63, 3.8) is 0 Å². The van der Waals surface area contributed by atoms with E-state index in [1.807, 2.05) is 18.2 Å². The summed E-state index contributed by atoms with van der Waals surface area (Å²) in [6.07, 6.45) is 0. The van der Waals surface area contributed by atoms with Crippen molar-refractivity contribution in [1.82, 2.24) is 15.0 Å². The van der Waals surface area contributed by atoms with Crippen molar-refractivity contribution in [2.45, 2.75) is 0 Å². The summed E-state index contributed by atoms with van der Waals surface area (Å²) in [7, 11) is 0. The van der Waals surface area contributed by atoms with Gasteiger partial charge in [-0.3, -0.25) is 4.98 Å². The first-order valence-corrected chi connectivity index (χ1v) is 5.84. The molecule has 0 bridgehead atoms. The van der Waals surface area contributed by atoms with Crippen LogP contribution in [-0.2, 0) is 0 Å². The van der Waals surface area contributed by atoms with Crippen LogP contribution in [0.15, 0.2) is 31.9 Å². The van der Waals surface area contributed by atoms with Gasteiger partial charge in [0.1, 0.15) is 5.82 Å². The van der Waals surface area contributed by atoms with Gasteiger partial charge in [0.05, 0.1) is 0 Å². The molecule has 0 amide bonds. The van der Waals surface area contributed by atoms with Crippen molar-refractivity contribution in [2.75, 3.05) is 5.73 Å². The van der Waals surface area contributed by atoms with Crippen LogP contribution in [0, 0.1) is 0 Å². The summed E-state index contributed by atoms with van der Waals surface area (Å²) in [6.45, 7) is 0. The minimum absolute atomic E-state index is 0.0503. The number of hydrogen-bond donors (Lipinski definition) is 2. The maximum Gasteiger partial charge on any atom is 0.349 e. The number of aromatic amines is 1. The summed E-state index contributed by atoms with van der Waals surface area (Å²) in [6, 6.07) is 5.54. The van der Waals surface area contributed by atoms with E-state index in [0.717, 1.165) is 14.5 Å². The average Bonchev–Trinajstić information content (AvgIpc) is 2.20. The van der Waals surface area contributed by atoms with Crippen LogP contribution in [0.5, 0.6) is 0 Å². The Morgan fingerprint density at radius 3 is 2.69 bits per heavy atom. The molecular weight excluding hydrogens is 340 g/mol. The number of benzene rings is 1. The second kappa shape index (κ2) is 4.34. The molecule has 0 spiro atoms. The van der Waals surface area contributed by atoms with Crippen molar-refractivity contribution >= 4 is 37.8 Å². The van der Waals surface area contributed by atoms with Crippen molar-refractivity contribution in [1.29, 1.82) is 0 Å². The first-order valence-electron chi connectivity index (χ1n) is 4.25.